The van der Waals surface area contributed by atoms with Gasteiger partial charge in [0.25, 0.3) is 5.91 Å². The highest BCUT2D eigenvalue weighted by Gasteiger charge is 2.16. The highest BCUT2D eigenvalue weighted by Crippen LogP contribution is 2.31. The Hall–Kier alpha value is -2.01. The molecule has 5 heteroatoms. The second-order valence-corrected chi connectivity index (χ2v) is 8.14. The second kappa shape index (κ2) is 8.58. The highest BCUT2D eigenvalue weighted by molar-refractivity contribution is 9.10. The van der Waals surface area contributed by atoms with E-state index in [9.17, 15) is 4.79 Å². The van der Waals surface area contributed by atoms with E-state index < -0.39 is 0 Å². The number of benzene rings is 2. The van der Waals surface area contributed by atoms with Crippen molar-refractivity contribution < 1.29 is 14.3 Å². The van der Waals surface area contributed by atoms with E-state index in [1.165, 1.54) is 5.56 Å². The number of hydrogen-bond acceptors (Lipinski definition) is 3. The van der Waals surface area contributed by atoms with Crippen molar-refractivity contribution in [1.82, 2.24) is 4.90 Å². The van der Waals surface area contributed by atoms with E-state index in [4.69, 9.17) is 9.47 Å². The molecule has 2 aromatic rings. The predicted molar refractivity (Wildman–Crippen MR) is 108 cm³/mol. The lowest BCUT2D eigenvalue weighted by atomic mass is 9.87. The van der Waals surface area contributed by atoms with Crippen molar-refractivity contribution in [3.8, 4) is 11.5 Å². The van der Waals surface area contributed by atoms with Gasteiger partial charge < -0.3 is 14.4 Å². The Morgan fingerprint density at radius 3 is 2.31 bits per heavy atom. The van der Waals surface area contributed by atoms with Crippen LogP contribution in [0.2, 0.25) is 0 Å². The monoisotopic (exact) mass is 419 g/mol. The van der Waals surface area contributed by atoms with E-state index in [-0.39, 0.29) is 17.9 Å². The van der Waals surface area contributed by atoms with Gasteiger partial charge in [0.2, 0.25) is 0 Å². The fourth-order valence-electron chi connectivity index (χ4n) is 2.43. The minimum absolute atomic E-state index is 0.000118. The molecule has 26 heavy (non-hydrogen) atoms. The zero-order valence-corrected chi connectivity index (χ0v) is 17.6. The molecule has 2 rings (SSSR count). The molecule has 0 unspecified atom stereocenters. The number of halogens is 1. The quantitative estimate of drug-likeness (QED) is 0.675. The summed E-state index contributed by atoms with van der Waals surface area (Å²) in [5, 5.41) is 0. The van der Waals surface area contributed by atoms with E-state index in [2.05, 4.69) is 36.7 Å². The molecule has 0 spiro atoms. The minimum Gasteiger partial charge on any atom is -0.497 e. The first-order valence-corrected chi connectivity index (χ1v) is 9.29. The maximum absolute atomic E-state index is 12.3. The Labute approximate surface area is 164 Å². The molecule has 0 atom stereocenters. The number of nitrogens with zero attached hydrogens (tertiary/aromatic N) is 1. The Kier molecular flexibility index (Phi) is 6.70. The summed E-state index contributed by atoms with van der Waals surface area (Å²) >= 11 is 3.53. The summed E-state index contributed by atoms with van der Waals surface area (Å²) in [6, 6.07) is 13.7. The Bertz CT molecular complexity index is 751. The van der Waals surface area contributed by atoms with Gasteiger partial charge in [0, 0.05) is 13.6 Å². The number of methoxy groups -OCH3 is 1. The molecular formula is C21H26BrNO3. The lowest BCUT2D eigenvalue weighted by molar-refractivity contribution is -0.132. The van der Waals surface area contributed by atoms with Gasteiger partial charge in [0.05, 0.1) is 11.6 Å². The smallest absolute Gasteiger partial charge is 0.260 e. The van der Waals surface area contributed by atoms with Crippen molar-refractivity contribution in [3.05, 3.63) is 58.1 Å². The third-order valence-corrected chi connectivity index (χ3v) is 4.77. The average molecular weight is 420 g/mol. The lowest BCUT2D eigenvalue weighted by Crippen LogP contribution is -2.31. The number of amides is 1. The first-order valence-electron chi connectivity index (χ1n) is 8.50. The summed E-state index contributed by atoms with van der Waals surface area (Å²) in [6.45, 7) is 7.00. The summed E-state index contributed by atoms with van der Waals surface area (Å²) < 4.78 is 11.7. The summed E-state index contributed by atoms with van der Waals surface area (Å²) in [6.07, 6.45) is 0. The van der Waals surface area contributed by atoms with Gasteiger partial charge >= 0.3 is 0 Å². The Balaban J connectivity index is 1.93. The minimum atomic E-state index is -0.0763. The molecule has 0 fully saturated rings. The molecule has 2 aromatic carbocycles. The number of hydrogen-bond donors (Lipinski definition) is 0. The van der Waals surface area contributed by atoms with Crippen molar-refractivity contribution in [3.63, 3.8) is 0 Å². The molecule has 0 bridgehead atoms. The molecule has 0 aliphatic heterocycles. The Morgan fingerprint density at radius 1 is 1.12 bits per heavy atom. The third kappa shape index (κ3) is 5.49. The summed E-state index contributed by atoms with van der Waals surface area (Å²) in [7, 11) is 3.40. The van der Waals surface area contributed by atoms with Gasteiger partial charge in [-0.15, -0.1) is 0 Å². The molecule has 0 N–H and O–H groups in total. The normalized spacial score (nSPS) is 11.2. The van der Waals surface area contributed by atoms with Crippen LogP contribution in [0, 0.1) is 0 Å². The zero-order chi connectivity index (χ0) is 19.3. The van der Waals surface area contributed by atoms with E-state index in [1.807, 2.05) is 42.5 Å². The highest BCUT2D eigenvalue weighted by atomic mass is 79.9. The predicted octanol–water partition coefficient (Wildman–Crippen LogP) is 4.79. The number of likely N-dealkylation sites (N-methyl/N-ethyl adjacent to an activating group) is 1. The SMILES string of the molecule is COc1ccc(CN(C)C(=O)COc2ccc(C(C)(C)C)cc2Br)cc1. The van der Waals surface area contributed by atoms with Gasteiger partial charge in [0.15, 0.2) is 6.61 Å². The fraction of sp³-hybridized carbons (Fsp3) is 0.381. The fourth-order valence-corrected chi connectivity index (χ4v) is 2.92. The largest absolute Gasteiger partial charge is 0.497 e. The van der Waals surface area contributed by atoms with Crippen LogP contribution in [0.3, 0.4) is 0 Å². The van der Waals surface area contributed by atoms with Gasteiger partial charge in [-0.25, -0.2) is 0 Å². The maximum Gasteiger partial charge on any atom is 0.260 e. The second-order valence-electron chi connectivity index (χ2n) is 7.28. The van der Waals surface area contributed by atoms with Crippen LogP contribution in [-0.2, 0) is 16.8 Å². The molecule has 4 nitrogen and oxygen atoms in total. The van der Waals surface area contributed by atoms with Crippen LogP contribution < -0.4 is 9.47 Å². The summed E-state index contributed by atoms with van der Waals surface area (Å²) in [5.41, 5.74) is 2.31. The molecule has 0 radical (unpaired) electrons. The van der Waals surface area contributed by atoms with Crippen LogP contribution in [0.15, 0.2) is 46.9 Å². The van der Waals surface area contributed by atoms with E-state index in [0.29, 0.717) is 12.3 Å². The molecule has 0 aliphatic rings. The van der Waals surface area contributed by atoms with Crippen LogP contribution in [-0.4, -0.2) is 31.6 Å². The van der Waals surface area contributed by atoms with Gasteiger partial charge in [0.1, 0.15) is 11.5 Å². The number of rotatable bonds is 6. The topological polar surface area (TPSA) is 38.8 Å². The van der Waals surface area contributed by atoms with Crippen molar-refractivity contribution in [2.75, 3.05) is 20.8 Å². The van der Waals surface area contributed by atoms with Crippen LogP contribution in [0.1, 0.15) is 31.9 Å². The molecule has 0 saturated carbocycles. The van der Waals surface area contributed by atoms with Gasteiger partial charge in [-0.05, 0) is 56.7 Å². The van der Waals surface area contributed by atoms with Crippen molar-refractivity contribution in [2.24, 2.45) is 0 Å². The Morgan fingerprint density at radius 2 is 1.77 bits per heavy atom. The third-order valence-electron chi connectivity index (χ3n) is 4.15. The van der Waals surface area contributed by atoms with Gasteiger partial charge in [-0.3, -0.25) is 4.79 Å². The standard InChI is InChI=1S/C21H26BrNO3/c1-21(2,3)16-8-11-19(18(22)12-16)26-14-20(24)23(4)13-15-6-9-17(25-5)10-7-15/h6-12H,13-14H2,1-5H3. The van der Waals surface area contributed by atoms with Crippen LogP contribution in [0.5, 0.6) is 11.5 Å². The van der Waals surface area contributed by atoms with Gasteiger partial charge in [-0.2, -0.15) is 0 Å². The molecule has 0 aromatic heterocycles. The first-order chi connectivity index (χ1) is 12.2. The number of carbonyl (C=O) groups is 1. The lowest BCUT2D eigenvalue weighted by Gasteiger charge is -2.21. The van der Waals surface area contributed by atoms with Crippen LogP contribution >= 0.6 is 15.9 Å². The molecule has 140 valence electrons. The van der Waals surface area contributed by atoms with Crippen LogP contribution in [0.4, 0.5) is 0 Å². The summed E-state index contributed by atoms with van der Waals surface area (Å²) in [5.74, 6) is 1.39. The van der Waals surface area contributed by atoms with E-state index in [0.717, 1.165) is 15.8 Å². The number of ether oxygens (including phenoxy) is 2. The first kappa shape index (κ1) is 20.3. The summed E-state index contributed by atoms with van der Waals surface area (Å²) in [4.78, 5) is 14.0. The van der Waals surface area contributed by atoms with E-state index in [1.54, 1.807) is 19.1 Å². The van der Waals surface area contributed by atoms with Crippen molar-refractivity contribution >= 4 is 21.8 Å². The number of carbonyl (C=O) groups excluding carboxylic acids is 1. The van der Waals surface area contributed by atoms with Gasteiger partial charge in [-0.1, -0.05) is 39.0 Å². The van der Waals surface area contributed by atoms with E-state index >= 15 is 0 Å². The molecule has 1 amide bonds. The molecule has 0 aliphatic carbocycles. The van der Waals surface area contributed by atoms with Crippen molar-refractivity contribution in [2.45, 2.75) is 32.7 Å². The molecule has 0 saturated heterocycles. The molecular weight excluding hydrogens is 394 g/mol. The van der Waals surface area contributed by atoms with Crippen molar-refractivity contribution in [1.29, 1.82) is 0 Å². The molecule has 0 heterocycles. The average Bonchev–Trinajstić information content (AvgIpc) is 2.60. The maximum atomic E-state index is 12.3. The zero-order valence-electron chi connectivity index (χ0n) is 16.0. The van der Waals surface area contributed by atoms with Crippen LogP contribution in [0.25, 0.3) is 0 Å².